The standard InChI is InChI=1S/C10H6F6N2O2S/c11-9(12,13)7(19)5-3-4(20-10(14,15)16)1-2-6(5)18-8(17)21/h1-3H,(H3,17,18,21). The topological polar surface area (TPSA) is 64.3 Å². The fourth-order valence-corrected chi connectivity index (χ4v) is 1.41. The lowest BCUT2D eigenvalue weighted by molar-refractivity contribution is -0.274. The first-order valence-electron chi connectivity index (χ1n) is 4.98. The largest absolute Gasteiger partial charge is 0.573 e. The molecular weight excluding hydrogens is 326 g/mol. The number of thiocarbonyl (C=S) groups is 1. The fourth-order valence-electron chi connectivity index (χ4n) is 1.30. The molecular formula is C10H6F6N2O2S. The third-order valence-corrected chi connectivity index (χ3v) is 2.09. The van der Waals surface area contributed by atoms with E-state index in [0.29, 0.717) is 12.1 Å². The van der Waals surface area contributed by atoms with Gasteiger partial charge in [0.25, 0.3) is 5.78 Å². The number of carbonyl (C=O) groups is 1. The lowest BCUT2D eigenvalue weighted by Gasteiger charge is -2.14. The lowest BCUT2D eigenvalue weighted by Crippen LogP contribution is -2.26. The van der Waals surface area contributed by atoms with Crippen LogP contribution in [0.3, 0.4) is 0 Å². The van der Waals surface area contributed by atoms with Gasteiger partial charge in [0.05, 0.1) is 11.3 Å². The monoisotopic (exact) mass is 332 g/mol. The van der Waals surface area contributed by atoms with Crippen LogP contribution in [-0.4, -0.2) is 23.4 Å². The zero-order valence-corrected chi connectivity index (χ0v) is 10.6. The second-order valence-electron chi connectivity index (χ2n) is 3.57. The van der Waals surface area contributed by atoms with Crippen molar-refractivity contribution in [2.24, 2.45) is 5.73 Å². The number of halogens is 6. The van der Waals surface area contributed by atoms with Crippen molar-refractivity contribution < 1.29 is 35.9 Å². The highest BCUT2D eigenvalue weighted by molar-refractivity contribution is 7.80. The van der Waals surface area contributed by atoms with Crippen molar-refractivity contribution in [1.29, 1.82) is 0 Å². The molecule has 4 nitrogen and oxygen atoms in total. The predicted molar refractivity (Wildman–Crippen MR) is 63.9 cm³/mol. The Balaban J connectivity index is 3.29. The van der Waals surface area contributed by atoms with Gasteiger partial charge < -0.3 is 15.8 Å². The minimum atomic E-state index is -5.29. The third kappa shape index (κ3) is 5.10. The van der Waals surface area contributed by atoms with Crippen molar-refractivity contribution in [2.75, 3.05) is 5.32 Å². The van der Waals surface area contributed by atoms with Gasteiger partial charge >= 0.3 is 12.5 Å². The summed E-state index contributed by atoms with van der Waals surface area (Å²) in [4.78, 5) is 11.2. The third-order valence-electron chi connectivity index (χ3n) is 1.98. The van der Waals surface area contributed by atoms with Gasteiger partial charge in [-0.05, 0) is 30.4 Å². The Labute approximate surface area is 118 Å². The van der Waals surface area contributed by atoms with E-state index in [1.165, 1.54) is 0 Å². The summed E-state index contributed by atoms with van der Waals surface area (Å²) in [5, 5.41) is 1.61. The summed E-state index contributed by atoms with van der Waals surface area (Å²) in [6.45, 7) is 0. The molecule has 1 rings (SSSR count). The summed E-state index contributed by atoms with van der Waals surface area (Å²) in [7, 11) is 0. The summed E-state index contributed by atoms with van der Waals surface area (Å²) in [5.41, 5.74) is 3.47. The molecule has 0 heterocycles. The second kappa shape index (κ2) is 5.76. The van der Waals surface area contributed by atoms with E-state index in [9.17, 15) is 31.1 Å². The van der Waals surface area contributed by atoms with Gasteiger partial charge in [-0.15, -0.1) is 13.2 Å². The van der Waals surface area contributed by atoms with Crippen LogP contribution in [0.25, 0.3) is 0 Å². The molecule has 0 radical (unpaired) electrons. The molecule has 21 heavy (non-hydrogen) atoms. The van der Waals surface area contributed by atoms with E-state index in [0.717, 1.165) is 6.07 Å². The van der Waals surface area contributed by atoms with Crippen LogP contribution in [0.1, 0.15) is 10.4 Å². The zero-order valence-electron chi connectivity index (χ0n) is 9.80. The molecule has 0 aliphatic rings. The first-order chi connectivity index (χ1) is 9.40. The number of ether oxygens (including phenoxy) is 1. The van der Waals surface area contributed by atoms with Gasteiger partial charge in [0.2, 0.25) is 0 Å². The van der Waals surface area contributed by atoms with Gasteiger partial charge in [-0.3, -0.25) is 4.79 Å². The van der Waals surface area contributed by atoms with Gasteiger partial charge in [-0.25, -0.2) is 0 Å². The number of carbonyl (C=O) groups excluding carboxylic acids is 1. The number of hydrogen-bond donors (Lipinski definition) is 2. The first-order valence-corrected chi connectivity index (χ1v) is 5.39. The number of anilines is 1. The van der Waals surface area contributed by atoms with Crippen molar-refractivity contribution in [3.8, 4) is 5.75 Å². The van der Waals surface area contributed by atoms with Crippen LogP contribution in [0.2, 0.25) is 0 Å². The number of nitrogens with one attached hydrogen (secondary N) is 1. The fraction of sp³-hybridized carbons (Fsp3) is 0.200. The number of benzene rings is 1. The Kier molecular flexibility index (Phi) is 4.66. The molecule has 0 aliphatic carbocycles. The van der Waals surface area contributed by atoms with Gasteiger partial charge in [-0.2, -0.15) is 13.2 Å². The van der Waals surface area contributed by atoms with E-state index in [4.69, 9.17) is 5.73 Å². The van der Waals surface area contributed by atoms with Gasteiger partial charge in [0.15, 0.2) is 5.11 Å². The van der Waals surface area contributed by atoms with Crippen molar-refractivity contribution in [2.45, 2.75) is 12.5 Å². The van der Waals surface area contributed by atoms with Crippen molar-refractivity contribution >= 4 is 28.8 Å². The minimum Gasteiger partial charge on any atom is -0.406 e. The molecule has 0 fully saturated rings. The number of rotatable bonds is 3. The molecule has 1 aromatic rings. The first kappa shape index (κ1) is 17.0. The molecule has 0 aliphatic heterocycles. The van der Waals surface area contributed by atoms with E-state index in [2.05, 4.69) is 22.3 Å². The molecule has 0 bridgehead atoms. The quantitative estimate of drug-likeness (QED) is 0.506. The smallest absolute Gasteiger partial charge is 0.406 e. The summed E-state index contributed by atoms with van der Waals surface area (Å²) >= 11 is 4.40. The number of Topliss-reactive ketones (excluding diaryl/α,β-unsaturated/α-hetero) is 1. The van der Waals surface area contributed by atoms with Crippen LogP contribution in [0.4, 0.5) is 32.0 Å². The van der Waals surface area contributed by atoms with Gasteiger partial charge in [0, 0.05) is 0 Å². The molecule has 0 saturated heterocycles. The Morgan fingerprint density at radius 2 is 1.76 bits per heavy atom. The van der Waals surface area contributed by atoms with Crippen LogP contribution in [0, 0.1) is 0 Å². The Morgan fingerprint density at radius 3 is 2.19 bits per heavy atom. The van der Waals surface area contributed by atoms with E-state index in [1.54, 1.807) is 0 Å². The molecule has 11 heteroatoms. The predicted octanol–water partition coefficient (Wildman–Crippen LogP) is 2.99. The van der Waals surface area contributed by atoms with Crippen LogP contribution in [0.15, 0.2) is 18.2 Å². The summed E-state index contributed by atoms with van der Waals surface area (Å²) in [5.74, 6) is -3.35. The number of hydrogen-bond acceptors (Lipinski definition) is 3. The molecule has 0 amide bonds. The molecule has 0 aromatic heterocycles. The number of nitrogens with two attached hydrogens (primary N) is 1. The Hall–Kier alpha value is -2.04. The van der Waals surface area contributed by atoms with E-state index < -0.39 is 40.4 Å². The molecule has 0 spiro atoms. The summed E-state index contributed by atoms with van der Waals surface area (Å²) in [6.07, 6.45) is -10.4. The van der Waals surface area contributed by atoms with Crippen molar-refractivity contribution in [3.05, 3.63) is 23.8 Å². The van der Waals surface area contributed by atoms with E-state index in [1.807, 2.05) is 0 Å². The second-order valence-corrected chi connectivity index (χ2v) is 4.01. The van der Waals surface area contributed by atoms with Crippen LogP contribution < -0.4 is 15.8 Å². The zero-order chi connectivity index (χ0) is 16.4. The lowest BCUT2D eigenvalue weighted by atomic mass is 10.1. The summed E-state index contributed by atoms with van der Waals surface area (Å²) < 4.78 is 76.8. The van der Waals surface area contributed by atoms with Gasteiger partial charge in [0.1, 0.15) is 5.75 Å². The molecule has 116 valence electrons. The highest BCUT2D eigenvalue weighted by atomic mass is 32.1. The Bertz CT molecular complexity index is 570. The molecule has 0 atom stereocenters. The van der Waals surface area contributed by atoms with E-state index in [-0.39, 0.29) is 0 Å². The SMILES string of the molecule is NC(=S)Nc1ccc(OC(F)(F)F)cc1C(=O)C(F)(F)F. The molecule has 0 unspecified atom stereocenters. The van der Waals surface area contributed by atoms with Crippen LogP contribution in [0.5, 0.6) is 5.75 Å². The van der Waals surface area contributed by atoms with Crippen LogP contribution in [-0.2, 0) is 0 Å². The molecule has 3 N–H and O–H groups in total. The van der Waals surface area contributed by atoms with Crippen LogP contribution >= 0.6 is 12.2 Å². The highest BCUT2D eigenvalue weighted by Crippen LogP contribution is 2.31. The van der Waals surface area contributed by atoms with Crippen molar-refractivity contribution in [1.82, 2.24) is 0 Å². The van der Waals surface area contributed by atoms with E-state index >= 15 is 0 Å². The maximum absolute atomic E-state index is 12.4. The highest BCUT2D eigenvalue weighted by Gasteiger charge is 2.41. The van der Waals surface area contributed by atoms with Crippen molar-refractivity contribution in [3.63, 3.8) is 0 Å². The maximum Gasteiger partial charge on any atom is 0.573 e. The average molecular weight is 332 g/mol. The average Bonchev–Trinajstić information content (AvgIpc) is 2.26. The molecule has 0 saturated carbocycles. The Morgan fingerprint density at radius 1 is 1.19 bits per heavy atom. The number of ketones is 1. The maximum atomic E-state index is 12.4. The summed E-state index contributed by atoms with van der Waals surface area (Å²) in [6, 6.07) is 1.77. The van der Waals surface area contributed by atoms with Gasteiger partial charge in [-0.1, -0.05) is 0 Å². The normalized spacial score (nSPS) is 11.9. The number of alkyl halides is 6. The molecule has 1 aromatic carbocycles. The minimum absolute atomic E-state index is 0.296.